The smallest absolute Gasteiger partial charge is 0.271 e. The molecule has 0 amide bonds. The molecule has 1 heterocycles. The lowest BCUT2D eigenvalue weighted by molar-refractivity contribution is 0.397. The topological polar surface area (TPSA) is 78.4 Å². The molecule has 2 rings (SSSR count). The molecule has 0 aliphatic carbocycles. The molecule has 142 valence electrons. The molecule has 0 radical (unpaired) electrons. The Balaban J connectivity index is 2.45. The molecule has 1 aromatic heterocycles. The van der Waals surface area contributed by atoms with Gasteiger partial charge in [0.05, 0.1) is 21.3 Å². The van der Waals surface area contributed by atoms with Gasteiger partial charge in [0, 0.05) is 12.8 Å². The predicted octanol–water partition coefficient (Wildman–Crippen LogP) is 5.37. The number of aromatic hydroxyl groups is 1. The minimum absolute atomic E-state index is 0.0129. The monoisotopic (exact) mass is 405 g/mol. The summed E-state index contributed by atoms with van der Waals surface area (Å²) in [5.41, 5.74) is 0.818. The van der Waals surface area contributed by atoms with Crippen molar-refractivity contribution < 1.29 is 5.11 Å². The number of nitrogens with zero attached hydrogens (tertiary/aromatic N) is 3. The van der Waals surface area contributed by atoms with E-state index in [1.54, 1.807) is 25.1 Å². The Labute approximate surface area is 168 Å². The van der Waals surface area contributed by atoms with Crippen LogP contribution in [-0.4, -0.2) is 15.9 Å². The highest BCUT2D eigenvalue weighted by Gasteiger charge is 2.17. The zero-order chi connectivity index (χ0) is 20.0. The van der Waals surface area contributed by atoms with Crippen molar-refractivity contribution in [1.29, 1.82) is 5.26 Å². The summed E-state index contributed by atoms with van der Waals surface area (Å²) in [6.45, 7) is 4.07. The molecule has 2 aromatic rings. The molecule has 27 heavy (non-hydrogen) atoms. The third-order valence-electron chi connectivity index (χ3n) is 4.33. The zero-order valence-corrected chi connectivity index (χ0v) is 16.8. The number of unbranched alkanes of at least 4 members (excludes halogenated alkanes) is 3. The Morgan fingerprint density at radius 1 is 1.26 bits per heavy atom. The summed E-state index contributed by atoms with van der Waals surface area (Å²) in [4.78, 5) is 16.8. The van der Waals surface area contributed by atoms with E-state index in [0.29, 0.717) is 33.4 Å². The third-order valence-corrected chi connectivity index (χ3v) is 5.07. The van der Waals surface area contributed by atoms with Crippen LogP contribution in [0.1, 0.15) is 49.3 Å². The Morgan fingerprint density at radius 3 is 2.63 bits per heavy atom. The van der Waals surface area contributed by atoms with Gasteiger partial charge in [-0.1, -0.05) is 49.4 Å². The summed E-state index contributed by atoms with van der Waals surface area (Å²) < 4.78 is 1.25. The molecule has 0 aliphatic rings. The average Bonchev–Trinajstić information content (AvgIpc) is 2.64. The van der Waals surface area contributed by atoms with Crippen molar-refractivity contribution in [3.8, 4) is 11.9 Å². The lowest BCUT2D eigenvalue weighted by Crippen LogP contribution is -2.25. The van der Waals surface area contributed by atoms with E-state index in [-0.39, 0.29) is 11.4 Å². The van der Waals surface area contributed by atoms with Crippen LogP contribution < -0.4 is 5.56 Å². The van der Waals surface area contributed by atoms with E-state index in [4.69, 9.17) is 23.2 Å². The molecule has 0 unspecified atom stereocenters. The molecule has 0 bridgehead atoms. The van der Waals surface area contributed by atoms with Gasteiger partial charge in [-0.2, -0.15) is 5.26 Å². The van der Waals surface area contributed by atoms with E-state index in [0.717, 1.165) is 25.7 Å². The molecule has 5 nitrogen and oxygen atoms in total. The van der Waals surface area contributed by atoms with Crippen molar-refractivity contribution in [1.82, 2.24) is 4.57 Å². The third kappa shape index (κ3) is 4.91. The van der Waals surface area contributed by atoms with E-state index >= 15 is 0 Å². The maximum atomic E-state index is 12.5. The number of aromatic nitrogens is 1. The van der Waals surface area contributed by atoms with E-state index < -0.39 is 5.56 Å². The van der Waals surface area contributed by atoms with Gasteiger partial charge in [-0.05, 0) is 37.1 Å². The lowest BCUT2D eigenvalue weighted by Gasteiger charge is -2.14. The number of hydrogen-bond donors (Lipinski definition) is 1. The summed E-state index contributed by atoms with van der Waals surface area (Å²) in [6, 6.07) is 6.85. The van der Waals surface area contributed by atoms with E-state index in [9.17, 15) is 15.2 Å². The minimum atomic E-state index is -0.476. The quantitative estimate of drug-likeness (QED) is 0.496. The van der Waals surface area contributed by atoms with Crippen molar-refractivity contribution in [3.05, 3.63) is 55.3 Å². The van der Waals surface area contributed by atoms with Gasteiger partial charge >= 0.3 is 0 Å². The van der Waals surface area contributed by atoms with Crippen LogP contribution in [0.25, 0.3) is 0 Å². The highest BCUT2D eigenvalue weighted by Crippen LogP contribution is 2.27. The van der Waals surface area contributed by atoms with Crippen LogP contribution in [-0.2, 0) is 6.54 Å². The Hall–Kier alpha value is -2.29. The Morgan fingerprint density at radius 2 is 2.00 bits per heavy atom. The van der Waals surface area contributed by atoms with Gasteiger partial charge in [-0.15, -0.1) is 0 Å². The van der Waals surface area contributed by atoms with Gasteiger partial charge in [0.15, 0.2) is 0 Å². The first-order chi connectivity index (χ1) is 12.9. The van der Waals surface area contributed by atoms with Gasteiger partial charge in [-0.3, -0.25) is 14.4 Å². The van der Waals surface area contributed by atoms with Gasteiger partial charge in [-0.25, -0.2) is 0 Å². The van der Waals surface area contributed by atoms with Crippen molar-refractivity contribution in [2.45, 2.75) is 46.1 Å². The maximum Gasteiger partial charge on any atom is 0.271 e. The van der Waals surface area contributed by atoms with Crippen LogP contribution in [0.15, 0.2) is 28.0 Å². The van der Waals surface area contributed by atoms with Gasteiger partial charge < -0.3 is 5.11 Å². The fourth-order valence-corrected chi connectivity index (χ4v) is 3.03. The molecule has 1 aromatic carbocycles. The summed E-state index contributed by atoms with van der Waals surface area (Å²) in [5, 5.41) is 20.8. The number of hydrogen-bond acceptors (Lipinski definition) is 4. The molecular weight excluding hydrogens is 385 g/mol. The summed E-state index contributed by atoms with van der Waals surface area (Å²) >= 11 is 11.9. The molecule has 0 saturated heterocycles. The van der Waals surface area contributed by atoms with Gasteiger partial charge in [0.25, 0.3) is 5.56 Å². The van der Waals surface area contributed by atoms with Crippen LogP contribution >= 0.6 is 23.2 Å². The normalized spacial score (nSPS) is 11.1. The van der Waals surface area contributed by atoms with Crippen molar-refractivity contribution in [3.63, 3.8) is 0 Å². The average molecular weight is 406 g/mol. The molecule has 0 saturated carbocycles. The largest absolute Gasteiger partial charge is 0.494 e. The SMILES string of the molecule is CCCCCCn1c(O)c(C=Nc2ccc(Cl)c(Cl)c2)c(C)c(C#N)c1=O. The predicted molar refractivity (Wildman–Crippen MR) is 110 cm³/mol. The van der Waals surface area contributed by atoms with Crippen LogP contribution in [0, 0.1) is 18.3 Å². The van der Waals surface area contributed by atoms with Crippen molar-refractivity contribution >= 4 is 35.1 Å². The molecule has 7 heteroatoms. The second kappa shape index (κ2) is 9.59. The lowest BCUT2D eigenvalue weighted by atomic mass is 10.1. The number of halogens is 2. The van der Waals surface area contributed by atoms with Crippen LogP contribution in [0.5, 0.6) is 5.88 Å². The zero-order valence-electron chi connectivity index (χ0n) is 15.3. The van der Waals surface area contributed by atoms with E-state index in [1.807, 2.05) is 6.07 Å². The maximum absolute atomic E-state index is 12.5. The number of nitriles is 1. The molecular formula is C20H21Cl2N3O2. The van der Waals surface area contributed by atoms with E-state index in [1.165, 1.54) is 10.8 Å². The fraction of sp³-hybridized carbons (Fsp3) is 0.350. The highest BCUT2D eigenvalue weighted by molar-refractivity contribution is 6.42. The Bertz CT molecular complexity index is 959. The molecule has 0 spiro atoms. The number of pyridine rings is 1. The van der Waals surface area contributed by atoms with Crippen LogP contribution in [0.2, 0.25) is 10.0 Å². The standard InChI is InChI=1S/C20H21Cl2N3O2/c1-3-4-5-6-9-25-19(26)15(11-23)13(2)16(20(25)27)12-24-14-7-8-17(21)18(22)10-14/h7-8,10,12,27H,3-6,9H2,1-2H3. The first-order valence-corrected chi connectivity index (χ1v) is 9.51. The molecule has 1 N–H and O–H groups in total. The second-order valence-corrected chi connectivity index (χ2v) is 7.04. The first kappa shape index (κ1) is 21.0. The van der Waals surface area contributed by atoms with Crippen LogP contribution in [0.3, 0.4) is 0 Å². The minimum Gasteiger partial charge on any atom is -0.494 e. The molecule has 0 atom stereocenters. The summed E-state index contributed by atoms with van der Waals surface area (Å²) in [5.74, 6) is -0.184. The fourth-order valence-electron chi connectivity index (χ4n) is 2.73. The molecule has 0 fully saturated rings. The first-order valence-electron chi connectivity index (χ1n) is 8.76. The second-order valence-electron chi connectivity index (χ2n) is 6.22. The summed E-state index contributed by atoms with van der Waals surface area (Å²) in [6.07, 6.45) is 5.26. The van der Waals surface area contributed by atoms with Crippen molar-refractivity contribution in [2.24, 2.45) is 4.99 Å². The van der Waals surface area contributed by atoms with Gasteiger partial charge in [0.2, 0.25) is 5.88 Å². The van der Waals surface area contributed by atoms with Crippen molar-refractivity contribution in [2.75, 3.05) is 0 Å². The van der Waals surface area contributed by atoms with Gasteiger partial charge in [0.1, 0.15) is 11.6 Å². The number of rotatable bonds is 7. The van der Waals surface area contributed by atoms with E-state index in [2.05, 4.69) is 11.9 Å². The summed E-state index contributed by atoms with van der Waals surface area (Å²) in [7, 11) is 0. The Kier molecular flexibility index (Phi) is 7.46. The number of aliphatic imine (C=N–C) groups is 1. The highest BCUT2D eigenvalue weighted by atomic mass is 35.5. The molecule has 0 aliphatic heterocycles. The van der Waals surface area contributed by atoms with Crippen LogP contribution in [0.4, 0.5) is 5.69 Å². The number of benzene rings is 1.